The first-order valence-electron chi connectivity index (χ1n) is 6.06. The Kier molecular flexibility index (Phi) is 4.72. The maximum atomic E-state index is 11.6. The number of nitrogens with one attached hydrogen (secondary N) is 2. The Balaban J connectivity index is 1.88. The molecule has 20 heavy (non-hydrogen) atoms. The number of aromatic nitrogens is 1. The van der Waals surface area contributed by atoms with Crippen LogP contribution >= 0.6 is 0 Å². The maximum Gasteiger partial charge on any atom is 0.323 e. The van der Waals surface area contributed by atoms with Gasteiger partial charge < -0.3 is 15.4 Å². The fourth-order valence-electron chi connectivity index (χ4n) is 1.56. The lowest BCUT2D eigenvalue weighted by Crippen LogP contribution is -2.23. The van der Waals surface area contributed by atoms with Gasteiger partial charge in [-0.3, -0.25) is 4.98 Å². The highest BCUT2D eigenvalue weighted by Gasteiger charge is 1.98. The molecule has 0 saturated heterocycles. The number of nitrogens with zero attached hydrogens (tertiary/aromatic N) is 1. The summed E-state index contributed by atoms with van der Waals surface area (Å²) in [6, 6.07) is 10.7. The van der Waals surface area contributed by atoms with Gasteiger partial charge in [0.05, 0.1) is 19.0 Å². The summed E-state index contributed by atoms with van der Waals surface area (Å²) in [4.78, 5) is 15.5. The molecule has 2 aromatic rings. The van der Waals surface area contributed by atoms with Crippen LogP contribution in [0.3, 0.4) is 0 Å². The summed E-state index contributed by atoms with van der Waals surface area (Å²) in [7, 11) is 1.61. The smallest absolute Gasteiger partial charge is 0.323 e. The SMILES string of the molecule is COc1cccc(/C=C/NC(=O)Nc2cccnc2)c1. The van der Waals surface area contributed by atoms with Crippen LogP contribution in [0.2, 0.25) is 0 Å². The first-order valence-corrected chi connectivity index (χ1v) is 6.06. The number of amides is 2. The zero-order valence-electron chi connectivity index (χ0n) is 11.0. The molecule has 0 aliphatic heterocycles. The summed E-state index contributed by atoms with van der Waals surface area (Å²) < 4.78 is 5.12. The molecule has 5 heteroatoms. The second-order valence-electron chi connectivity index (χ2n) is 3.95. The van der Waals surface area contributed by atoms with Crippen LogP contribution < -0.4 is 15.4 Å². The maximum absolute atomic E-state index is 11.6. The number of methoxy groups -OCH3 is 1. The fraction of sp³-hybridized carbons (Fsp3) is 0.0667. The molecular weight excluding hydrogens is 254 g/mol. The van der Waals surface area contributed by atoms with E-state index in [9.17, 15) is 4.79 Å². The van der Waals surface area contributed by atoms with Crippen molar-refractivity contribution in [1.82, 2.24) is 10.3 Å². The molecule has 5 nitrogen and oxygen atoms in total. The van der Waals surface area contributed by atoms with Crippen LogP contribution in [0.25, 0.3) is 6.08 Å². The van der Waals surface area contributed by atoms with E-state index >= 15 is 0 Å². The van der Waals surface area contributed by atoms with Crippen molar-refractivity contribution in [3.8, 4) is 5.75 Å². The van der Waals surface area contributed by atoms with Gasteiger partial charge in [0.15, 0.2) is 0 Å². The van der Waals surface area contributed by atoms with Crippen LogP contribution in [-0.2, 0) is 0 Å². The lowest BCUT2D eigenvalue weighted by molar-refractivity contribution is 0.255. The van der Waals surface area contributed by atoms with E-state index in [1.54, 1.807) is 43.9 Å². The summed E-state index contributed by atoms with van der Waals surface area (Å²) in [5, 5.41) is 5.28. The molecule has 0 fully saturated rings. The second kappa shape index (κ2) is 6.94. The standard InChI is InChI=1S/C15H15N3O2/c1-20-14-6-2-4-12(10-14)7-9-17-15(19)18-13-5-3-8-16-11-13/h2-11H,1H3,(H2,17,18,19)/b9-7+. The second-order valence-corrected chi connectivity index (χ2v) is 3.95. The van der Waals surface area contributed by atoms with Crippen LogP contribution in [0.15, 0.2) is 55.0 Å². The third kappa shape index (κ3) is 4.13. The van der Waals surface area contributed by atoms with E-state index in [-0.39, 0.29) is 6.03 Å². The monoisotopic (exact) mass is 269 g/mol. The number of rotatable bonds is 4. The lowest BCUT2D eigenvalue weighted by Gasteiger charge is -2.03. The largest absolute Gasteiger partial charge is 0.497 e. The van der Waals surface area contributed by atoms with Crippen molar-refractivity contribution in [3.63, 3.8) is 0 Å². The molecule has 1 aromatic heterocycles. The minimum Gasteiger partial charge on any atom is -0.497 e. The molecule has 0 radical (unpaired) electrons. The van der Waals surface area contributed by atoms with Gasteiger partial charge in [-0.05, 0) is 35.9 Å². The van der Waals surface area contributed by atoms with E-state index in [1.807, 2.05) is 24.3 Å². The average Bonchev–Trinajstić information content (AvgIpc) is 2.48. The topological polar surface area (TPSA) is 63.2 Å². The molecule has 102 valence electrons. The first-order chi connectivity index (χ1) is 9.78. The zero-order chi connectivity index (χ0) is 14.2. The van der Waals surface area contributed by atoms with Crippen molar-refractivity contribution in [2.75, 3.05) is 12.4 Å². The van der Waals surface area contributed by atoms with Crippen molar-refractivity contribution in [3.05, 3.63) is 60.6 Å². The Bertz CT molecular complexity index is 597. The Morgan fingerprint density at radius 1 is 1.30 bits per heavy atom. The average molecular weight is 269 g/mol. The van der Waals surface area contributed by atoms with Gasteiger partial charge in [-0.15, -0.1) is 0 Å². The van der Waals surface area contributed by atoms with Crippen molar-refractivity contribution >= 4 is 17.8 Å². The molecule has 2 N–H and O–H groups in total. The van der Waals surface area contributed by atoms with Gasteiger partial charge in [0.1, 0.15) is 5.75 Å². The molecule has 0 spiro atoms. The van der Waals surface area contributed by atoms with Crippen molar-refractivity contribution in [2.24, 2.45) is 0 Å². The number of hydrogen-bond acceptors (Lipinski definition) is 3. The van der Waals surface area contributed by atoms with E-state index in [2.05, 4.69) is 15.6 Å². The van der Waals surface area contributed by atoms with Crippen molar-refractivity contribution in [1.29, 1.82) is 0 Å². The minimum atomic E-state index is -0.322. The van der Waals surface area contributed by atoms with Gasteiger partial charge in [0, 0.05) is 12.4 Å². The third-order valence-corrected chi connectivity index (χ3v) is 2.50. The summed E-state index contributed by atoms with van der Waals surface area (Å²) in [6.45, 7) is 0. The Hall–Kier alpha value is -2.82. The van der Waals surface area contributed by atoms with Gasteiger partial charge in [-0.1, -0.05) is 12.1 Å². The van der Waals surface area contributed by atoms with E-state index in [0.717, 1.165) is 11.3 Å². The van der Waals surface area contributed by atoms with Crippen molar-refractivity contribution < 1.29 is 9.53 Å². The molecule has 0 bridgehead atoms. The van der Waals surface area contributed by atoms with Gasteiger partial charge in [0.25, 0.3) is 0 Å². The molecule has 1 heterocycles. The molecule has 0 saturated carbocycles. The molecule has 0 atom stereocenters. The van der Waals surface area contributed by atoms with Crippen LogP contribution in [0.4, 0.5) is 10.5 Å². The Labute approximate surface area is 117 Å². The number of carbonyl (C=O) groups excluding carboxylic acids is 1. The number of urea groups is 1. The Morgan fingerprint density at radius 2 is 2.20 bits per heavy atom. The number of pyridine rings is 1. The number of ether oxygens (including phenoxy) is 1. The summed E-state index contributed by atoms with van der Waals surface area (Å²) >= 11 is 0. The highest BCUT2D eigenvalue weighted by molar-refractivity contribution is 5.90. The fourth-order valence-corrected chi connectivity index (χ4v) is 1.56. The zero-order valence-corrected chi connectivity index (χ0v) is 11.0. The highest BCUT2D eigenvalue weighted by Crippen LogP contribution is 2.13. The van der Waals surface area contributed by atoms with Gasteiger partial charge in [0.2, 0.25) is 0 Å². The number of hydrogen-bond donors (Lipinski definition) is 2. The predicted octanol–water partition coefficient (Wildman–Crippen LogP) is 2.88. The number of benzene rings is 1. The van der Waals surface area contributed by atoms with Crippen LogP contribution in [-0.4, -0.2) is 18.1 Å². The van der Waals surface area contributed by atoms with Gasteiger partial charge in [-0.25, -0.2) is 4.79 Å². The molecule has 0 aliphatic carbocycles. The minimum absolute atomic E-state index is 0.322. The van der Waals surface area contributed by atoms with Gasteiger partial charge >= 0.3 is 6.03 Å². The van der Waals surface area contributed by atoms with E-state index in [4.69, 9.17) is 4.74 Å². The van der Waals surface area contributed by atoms with Crippen molar-refractivity contribution in [2.45, 2.75) is 0 Å². The molecule has 1 aromatic carbocycles. The highest BCUT2D eigenvalue weighted by atomic mass is 16.5. The van der Waals surface area contributed by atoms with E-state index in [1.165, 1.54) is 0 Å². The lowest BCUT2D eigenvalue weighted by atomic mass is 10.2. The van der Waals surface area contributed by atoms with Gasteiger partial charge in [-0.2, -0.15) is 0 Å². The number of carbonyl (C=O) groups is 1. The third-order valence-electron chi connectivity index (χ3n) is 2.50. The first kappa shape index (κ1) is 13.6. The summed E-state index contributed by atoms with van der Waals surface area (Å²) in [5.74, 6) is 0.770. The molecular formula is C15H15N3O2. The van der Waals surface area contributed by atoms with E-state index < -0.39 is 0 Å². The normalized spacial score (nSPS) is 10.2. The molecule has 2 rings (SSSR count). The summed E-state index contributed by atoms with van der Waals surface area (Å²) in [6.07, 6.45) is 6.57. The molecule has 0 aliphatic rings. The van der Waals surface area contributed by atoms with Crippen LogP contribution in [0, 0.1) is 0 Å². The predicted molar refractivity (Wildman–Crippen MR) is 78.4 cm³/mol. The quantitative estimate of drug-likeness (QED) is 0.897. The van der Waals surface area contributed by atoms with Crippen LogP contribution in [0.1, 0.15) is 5.56 Å². The molecule has 0 unspecified atom stereocenters. The molecule has 2 amide bonds. The number of anilines is 1. The Morgan fingerprint density at radius 3 is 2.95 bits per heavy atom. The van der Waals surface area contributed by atoms with Crippen LogP contribution in [0.5, 0.6) is 5.75 Å². The van der Waals surface area contributed by atoms with E-state index in [0.29, 0.717) is 5.69 Å². The summed E-state index contributed by atoms with van der Waals surface area (Å²) in [5.41, 5.74) is 1.57.